The van der Waals surface area contributed by atoms with Crippen LogP contribution in [0, 0.1) is 6.92 Å². The van der Waals surface area contributed by atoms with E-state index in [1.165, 1.54) is 15.3 Å². The van der Waals surface area contributed by atoms with Gasteiger partial charge in [0, 0.05) is 42.8 Å². The Kier molecular flexibility index (Phi) is 10.9. The normalized spacial score (nSPS) is 15.1. The van der Waals surface area contributed by atoms with Crippen molar-refractivity contribution in [3.63, 3.8) is 0 Å². The highest BCUT2D eigenvalue weighted by Crippen LogP contribution is 2.20. The first-order chi connectivity index (χ1) is 18.6. The first-order valence-electron chi connectivity index (χ1n) is 12.0. The van der Waals surface area contributed by atoms with Crippen molar-refractivity contribution in [2.75, 3.05) is 39.0 Å². The van der Waals surface area contributed by atoms with Gasteiger partial charge in [0.1, 0.15) is 18.4 Å². The molecule has 210 valence electrons. The summed E-state index contributed by atoms with van der Waals surface area (Å²) in [5.74, 6) is 0.105. The molecule has 0 bridgehead atoms. The highest BCUT2D eigenvalue weighted by molar-refractivity contribution is 7.88. The van der Waals surface area contributed by atoms with Crippen LogP contribution in [-0.2, 0) is 31.9 Å². The number of aromatic nitrogens is 1. The molecule has 1 saturated heterocycles. The molecule has 2 heterocycles. The smallest absolute Gasteiger partial charge is 0.311 e. The number of amides is 1. The second kappa shape index (κ2) is 14.1. The predicted molar refractivity (Wildman–Crippen MR) is 145 cm³/mol. The van der Waals surface area contributed by atoms with E-state index in [1.807, 2.05) is 55.5 Å². The molecule has 3 aromatic rings. The van der Waals surface area contributed by atoms with Gasteiger partial charge in [0.15, 0.2) is 0 Å². The summed E-state index contributed by atoms with van der Waals surface area (Å²) >= 11 is 0. The fraction of sp³-hybridized carbons (Fsp3) is 0.360. The van der Waals surface area contributed by atoms with E-state index in [4.69, 9.17) is 9.94 Å². The maximum absolute atomic E-state index is 11.5. The molecule has 1 fully saturated rings. The number of fused-ring (bicyclic) bond motifs is 1. The van der Waals surface area contributed by atoms with E-state index in [0.717, 1.165) is 28.6 Å². The Labute approximate surface area is 228 Å². The van der Waals surface area contributed by atoms with Gasteiger partial charge in [-0.2, -0.15) is 17.1 Å². The van der Waals surface area contributed by atoms with Crippen LogP contribution in [0.25, 0.3) is 10.9 Å². The van der Waals surface area contributed by atoms with E-state index in [9.17, 15) is 21.6 Å². The van der Waals surface area contributed by atoms with Gasteiger partial charge in [0.25, 0.3) is 5.91 Å². The topological polar surface area (TPSA) is 159 Å². The van der Waals surface area contributed by atoms with E-state index in [1.54, 1.807) is 4.90 Å². The van der Waals surface area contributed by atoms with Gasteiger partial charge in [-0.25, -0.2) is 13.9 Å². The molecule has 0 spiro atoms. The number of para-hydroxylation sites is 2. The number of carbonyl (C=O) groups excluding carboxylic acids is 1. The van der Waals surface area contributed by atoms with Crippen molar-refractivity contribution in [1.82, 2.24) is 19.7 Å². The number of hydrogen-bond donors (Lipinski definition) is 2. The number of sulfonamides is 1. The third kappa shape index (κ3) is 9.07. The summed E-state index contributed by atoms with van der Waals surface area (Å²) in [5.41, 5.74) is 4.67. The van der Waals surface area contributed by atoms with Crippen molar-refractivity contribution in [3.8, 4) is 5.75 Å². The molecule has 4 rings (SSSR count). The number of nitrogens with one attached hydrogen (secondary N) is 1. The third-order valence-electron chi connectivity index (χ3n) is 6.02. The van der Waals surface area contributed by atoms with E-state index in [-0.39, 0.29) is 32.7 Å². The van der Waals surface area contributed by atoms with Crippen LogP contribution in [0.4, 0.5) is 0 Å². The van der Waals surface area contributed by atoms with Crippen molar-refractivity contribution >= 4 is 37.3 Å². The summed E-state index contributed by atoms with van der Waals surface area (Å²) < 4.78 is 53.8. The van der Waals surface area contributed by atoms with Crippen LogP contribution in [0.2, 0.25) is 0 Å². The van der Waals surface area contributed by atoms with E-state index in [0.29, 0.717) is 6.61 Å². The Morgan fingerprint density at radius 1 is 1.10 bits per heavy atom. The standard InChI is InChI=1S/C17H15NO.C8H16N4O6S2/c1-13-11-14(12-19-15-7-3-2-4-8-15)16-9-5-6-10-17(16)18-13;1-20(17,18)12-4-2-11(3-5-12)7(8(13)10-14)6-9-19(15)16/h2-11H,12H2,1H3;7,14H,2-6H2,1H3,(H,10,13). The number of piperazine rings is 1. The highest BCUT2D eigenvalue weighted by Gasteiger charge is 2.31. The molecule has 0 aliphatic carbocycles. The lowest BCUT2D eigenvalue weighted by molar-refractivity contribution is -0.135. The third-order valence-corrected chi connectivity index (χ3v) is 7.68. The van der Waals surface area contributed by atoms with E-state index in [2.05, 4.69) is 21.5 Å². The lowest BCUT2D eigenvalue weighted by Crippen LogP contribution is -2.56. The second-order valence-electron chi connectivity index (χ2n) is 8.76. The number of nitrogens with zero attached hydrogens (tertiary/aromatic N) is 4. The summed E-state index contributed by atoms with van der Waals surface area (Å²) in [4.78, 5) is 17.6. The van der Waals surface area contributed by atoms with Gasteiger partial charge in [0.05, 0.1) is 18.3 Å². The van der Waals surface area contributed by atoms with Crippen molar-refractivity contribution in [2.24, 2.45) is 4.36 Å². The number of pyridine rings is 1. The fourth-order valence-electron chi connectivity index (χ4n) is 4.11. The van der Waals surface area contributed by atoms with Gasteiger partial charge >= 0.3 is 10.5 Å². The van der Waals surface area contributed by atoms with Crippen LogP contribution >= 0.6 is 0 Å². The first kappa shape index (κ1) is 30.1. The SMILES string of the molecule is CS(=O)(=O)N1CCN(C(CN=S(=O)=O)C(=O)NO)CC1.Cc1cc(COc2ccccc2)c2ccccc2n1. The largest absolute Gasteiger partial charge is 0.489 e. The van der Waals surface area contributed by atoms with Gasteiger partial charge in [-0.3, -0.25) is 19.9 Å². The molecule has 1 aliphatic rings. The Morgan fingerprint density at radius 2 is 1.74 bits per heavy atom. The number of benzene rings is 2. The molecule has 14 heteroatoms. The molecule has 1 atom stereocenters. The fourth-order valence-corrected chi connectivity index (χ4v) is 5.20. The van der Waals surface area contributed by atoms with Crippen LogP contribution < -0.4 is 10.2 Å². The maximum Gasteiger partial charge on any atom is 0.311 e. The number of ether oxygens (including phenoxy) is 1. The molecule has 2 aromatic carbocycles. The minimum absolute atomic E-state index is 0.189. The van der Waals surface area contributed by atoms with Gasteiger partial charge in [-0.15, -0.1) is 0 Å². The predicted octanol–water partition coefficient (Wildman–Crippen LogP) is 1.62. The van der Waals surface area contributed by atoms with Crippen LogP contribution in [-0.4, -0.2) is 87.2 Å². The highest BCUT2D eigenvalue weighted by atomic mass is 32.2. The van der Waals surface area contributed by atoms with Crippen LogP contribution in [0.1, 0.15) is 11.3 Å². The Hall–Kier alpha value is -3.43. The minimum Gasteiger partial charge on any atom is -0.489 e. The lowest BCUT2D eigenvalue weighted by Gasteiger charge is -2.36. The zero-order chi connectivity index (χ0) is 28.4. The molecule has 1 amide bonds. The Morgan fingerprint density at radius 3 is 2.36 bits per heavy atom. The van der Waals surface area contributed by atoms with Crippen LogP contribution in [0.5, 0.6) is 5.75 Å². The molecule has 2 N–H and O–H groups in total. The summed E-state index contributed by atoms with van der Waals surface area (Å²) in [7, 11) is -5.94. The lowest BCUT2D eigenvalue weighted by atomic mass is 10.1. The monoisotopic (exact) mass is 577 g/mol. The van der Waals surface area contributed by atoms with Crippen LogP contribution in [0.3, 0.4) is 0 Å². The molecule has 0 radical (unpaired) electrons. The molecule has 1 aliphatic heterocycles. The molecular weight excluding hydrogens is 546 g/mol. The molecule has 1 unspecified atom stereocenters. The molecule has 12 nitrogen and oxygen atoms in total. The summed E-state index contributed by atoms with van der Waals surface area (Å²) in [6, 6.07) is 19.2. The average molecular weight is 578 g/mol. The van der Waals surface area contributed by atoms with E-state index < -0.39 is 32.5 Å². The van der Waals surface area contributed by atoms with Crippen molar-refractivity contribution in [3.05, 3.63) is 71.9 Å². The first-order valence-corrected chi connectivity index (χ1v) is 14.9. The van der Waals surface area contributed by atoms with Crippen LogP contribution in [0.15, 0.2) is 65.0 Å². The zero-order valence-electron chi connectivity index (χ0n) is 21.6. The van der Waals surface area contributed by atoms with Crippen molar-refractivity contribution < 1.29 is 31.6 Å². The van der Waals surface area contributed by atoms with Gasteiger partial charge in [0.2, 0.25) is 10.0 Å². The maximum atomic E-state index is 11.5. The number of hydrogen-bond acceptors (Lipinski definition) is 10. The number of rotatable bonds is 8. The van der Waals surface area contributed by atoms with Gasteiger partial charge < -0.3 is 4.74 Å². The number of aryl methyl sites for hydroxylation is 1. The molecule has 0 saturated carbocycles. The summed E-state index contributed by atoms with van der Waals surface area (Å²) in [5, 5.41) is 9.81. The van der Waals surface area contributed by atoms with Crippen molar-refractivity contribution in [2.45, 2.75) is 19.6 Å². The average Bonchev–Trinajstić information content (AvgIpc) is 2.92. The minimum atomic E-state index is -3.29. The molecule has 1 aromatic heterocycles. The van der Waals surface area contributed by atoms with Crippen molar-refractivity contribution in [1.29, 1.82) is 0 Å². The molecule has 39 heavy (non-hydrogen) atoms. The summed E-state index contributed by atoms with van der Waals surface area (Å²) in [6.45, 7) is 3.11. The number of carbonyl (C=O) groups is 1. The second-order valence-corrected chi connectivity index (χ2v) is 11.4. The Bertz CT molecular complexity index is 1500. The number of hydroxylamine groups is 1. The zero-order valence-corrected chi connectivity index (χ0v) is 23.2. The van der Waals surface area contributed by atoms with Gasteiger partial charge in [-0.1, -0.05) is 36.4 Å². The van der Waals surface area contributed by atoms with Gasteiger partial charge in [-0.05, 0) is 31.2 Å². The summed E-state index contributed by atoms with van der Waals surface area (Å²) in [6.07, 6.45) is 1.09. The molecular formula is C25H31N5O7S2. The Balaban J connectivity index is 0.000000216. The quantitative estimate of drug-likeness (QED) is 0.300. The van der Waals surface area contributed by atoms with E-state index >= 15 is 0 Å².